The number of fused-ring (bicyclic) bond motifs is 2. The molecule has 1 heterocycles. The van der Waals surface area contributed by atoms with Crippen molar-refractivity contribution >= 4 is 27.7 Å². The van der Waals surface area contributed by atoms with Gasteiger partial charge in [-0.05, 0) is 42.5 Å². The van der Waals surface area contributed by atoms with Gasteiger partial charge in [0.25, 0.3) is 0 Å². The molecule has 0 saturated heterocycles. The first-order valence-corrected chi connectivity index (χ1v) is 8.26. The van der Waals surface area contributed by atoms with Crippen LogP contribution in [0.4, 0.5) is 0 Å². The molecule has 26 heavy (non-hydrogen) atoms. The highest BCUT2D eigenvalue weighted by molar-refractivity contribution is 6.09. The van der Waals surface area contributed by atoms with E-state index in [-0.39, 0.29) is 11.0 Å². The van der Waals surface area contributed by atoms with E-state index in [4.69, 9.17) is 4.42 Å². The van der Waals surface area contributed by atoms with Crippen molar-refractivity contribution in [3.8, 4) is 11.3 Å². The topological polar surface area (TPSA) is 67.5 Å². The Balaban J connectivity index is 2.11. The maximum atomic E-state index is 12.7. The minimum absolute atomic E-state index is 0.141. The Morgan fingerprint density at radius 3 is 2.46 bits per heavy atom. The van der Waals surface area contributed by atoms with Gasteiger partial charge in [-0.25, -0.2) is 4.79 Å². The lowest BCUT2D eigenvalue weighted by Gasteiger charge is -2.11. The molecule has 0 bridgehead atoms. The maximum Gasteiger partial charge on any atom is 0.336 e. The smallest absolute Gasteiger partial charge is 0.336 e. The summed E-state index contributed by atoms with van der Waals surface area (Å²) in [5.41, 5.74) is 3.03. The fraction of sp³-hybridized carbons (Fsp3) is 0.0909. The Kier molecular flexibility index (Phi) is 3.62. The number of hydrogen-bond acceptors (Lipinski definition) is 3. The summed E-state index contributed by atoms with van der Waals surface area (Å²) in [6.45, 7) is 3.83. The summed E-state index contributed by atoms with van der Waals surface area (Å²) in [6.07, 6.45) is 0. The van der Waals surface area contributed by atoms with Crippen molar-refractivity contribution in [3.63, 3.8) is 0 Å². The molecule has 0 atom stereocenters. The second-order valence-corrected chi connectivity index (χ2v) is 6.45. The second-order valence-electron chi connectivity index (χ2n) is 6.45. The van der Waals surface area contributed by atoms with Crippen LogP contribution in [0.15, 0.2) is 63.8 Å². The first-order chi connectivity index (χ1) is 12.5. The molecule has 1 N–H and O–H groups in total. The molecular formula is C22H16O4. The molecule has 0 aliphatic rings. The molecular weight excluding hydrogens is 328 g/mol. The number of carbonyl (C=O) groups is 1. The van der Waals surface area contributed by atoms with Crippen molar-refractivity contribution in [2.75, 3.05) is 0 Å². The van der Waals surface area contributed by atoms with Crippen molar-refractivity contribution < 1.29 is 14.3 Å². The minimum Gasteiger partial charge on any atom is -0.478 e. The highest BCUT2D eigenvalue weighted by atomic mass is 16.4. The zero-order valence-corrected chi connectivity index (χ0v) is 14.4. The van der Waals surface area contributed by atoms with Crippen LogP contribution in [0, 0.1) is 13.8 Å². The van der Waals surface area contributed by atoms with E-state index in [1.165, 1.54) is 6.07 Å². The average Bonchev–Trinajstić information content (AvgIpc) is 2.61. The molecule has 0 radical (unpaired) electrons. The normalized spacial score (nSPS) is 11.2. The van der Waals surface area contributed by atoms with E-state index in [2.05, 4.69) is 0 Å². The molecule has 128 valence electrons. The Bertz CT molecular complexity index is 1240. The van der Waals surface area contributed by atoms with Gasteiger partial charge in [-0.1, -0.05) is 36.4 Å². The van der Waals surface area contributed by atoms with Crippen molar-refractivity contribution in [2.24, 2.45) is 0 Å². The number of carboxylic acids is 1. The van der Waals surface area contributed by atoms with Crippen molar-refractivity contribution in [3.05, 3.63) is 81.5 Å². The van der Waals surface area contributed by atoms with Gasteiger partial charge in [-0.2, -0.15) is 0 Å². The molecule has 0 amide bonds. The van der Waals surface area contributed by atoms with Crippen LogP contribution >= 0.6 is 0 Å². The molecule has 3 aromatic carbocycles. The van der Waals surface area contributed by atoms with Crippen molar-refractivity contribution in [1.29, 1.82) is 0 Å². The van der Waals surface area contributed by atoms with E-state index in [9.17, 15) is 14.7 Å². The van der Waals surface area contributed by atoms with Gasteiger partial charge >= 0.3 is 5.97 Å². The Morgan fingerprint density at radius 1 is 1.00 bits per heavy atom. The molecule has 0 unspecified atom stereocenters. The van der Waals surface area contributed by atoms with Crippen LogP contribution in [0.3, 0.4) is 0 Å². The van der Waals surface area contributed by atoms with Gasteiger partial charge in [0.1, 0.15) is 11.3 Å². The van der Waals surface area contributed by atoms with E-state index in [1.54, 1.807) is 18.2 Å². The van der Waals surface area contributed by atoms with Crippen LogP contribution in [0.5, 0.6) is 0 Å². The van der Waals surface area contributed by atoms with Gasteiger partial charge in [0, 0.05) is 17.0 Å². The first kappa shape index (κ1) is 16.1. The molecule has 0 spiro atoms. The summed E-state index contributed by atoms with van der Waals surface area (Å²) in [5.74, 6) is -0.647. The van der Waals surface area contributed by atoms with Crippen LogP contribution in [-0.4, -0.2) is 11.1 Å². The summed E-state index contributed by atoms with van der Waals surface area (Å²) in [5, 5.41) is 11.4. The highest BCUT2D eigenvalue weighted by Gasteiger charge is 2.16. The number of benzene rings is 3. The van der Waals surface area contributed by atoms with E-state index < -0.39 is 5.97 Å². The highest BCUT2D eigenvalue weighted by Crippen LogP contribution is 2.33. The summed E-state index contributed by atoms with van der Waals surface area (Å²) in [4.78, 5) is 24.3. The molecule has 4 heteroatoms. The summed E-state index contributed by atoms with van der Waals surface area (Å²) >= 11 is 0. The summed E-state index contributed by atoms with van der Waals surface area (Å²) < 4.78 is 6.06. The minimum atomic E-state index is -1.02. The quantitative estimate of drug-likeness (QED) is 0.560. The second kappa shape index (κ2) is 5.85. The van der Waals surface area contributed by atoms with E-state index in [1.807, 2.05) is 44.2 Å². The first-order valence-electron chi connectivity index (χ1n) is 8.26. The van der Waals surface area contributed by atoms with Crippen LogP contribution in [-0.2, 0) is 0 Å². The number of carboxylic acid groups (broad SMARTS) is 1. The van der Waals surface area contributed by atoms with Gasteiger partial charge in [0.05, 0.1) is 10.9 Å². The Labute approximate surface area is 149 Å². The Morgan fingerprint density at radius 2 is 1.73 bits per heavy atom. The number of aromatic carboxylic acids is 1. The maximum absolute atomic E-state index is 12.7. The predicted octanol–water partition coefficient (Wildman–Crippen LogP) is 4.93. The monoisotopic (exact) mass is 344 g/mol. The number of rotatable bonds is 2. The lowest BCUT2D eigenvalue weighted by Crippen LogP contribution is -2.03. The van der Waals surface area contributed by atoms with Gasteiger partial charge in [-0.3, -0.25) is 4.79 Å². The third-order valence-electron chi connectivity index (χ3n) is 4.56. The molecule has 0 aliphatic heterocycles. The van der Waals surface area contributed by atoms with E-state index >= 15 is 0 Å². The zero-order valence-electron chi connectivity index (χ0n) is 14.4. The van der Waals surface area contributed by atoms with Gasteiger partial charge in [-0.15, -0.1) is 0 Å². The lowest BCUT2D eigenvalue weighted by molar-refractivity contribution is 0.0699. The molecule has 1 aromatic heterocycles. The molecule has 0 fully saturated rings. The Hall–Kier alpha value is -3.40. The molecule has 4 rings (SSSR count). The molecule has 4 nitrogen and oxygen atoms in total. The fourth-order valence-corrected chi connectivity index (χ4v) is 3.47. The van der Waals surface area contributed by atoms with E-state index in [0.29, 0.717) is 27.7 Å². The summed E-state index contributed by atoms with van der Waals surface area (Å²) in [7, 11) is 0. The SMILES string of the molecule is Cc1cc(C)c2oc(-c3cccc4cccc(C(=O)O)c34)cc(=O)c2c1. The van der Waals surface area contributed by atoms with E-state index in [0.717, 1.165) is 16.5 Å². The third kappa shape index (κ3) is 2.47. The standard InChI is InChI=1S/C22H16O4/c1-12-9-13(2)21-17(10-12)18(23)11-19(26-21)15-7-3-5-14-6-4-8-16(20(14)15)22(24)25/h3-11H,1-2H3,(H,24,25). The van der Waals surface area contributed by atoms with Gasteiger partial charge in [0.15, 0.2) is 5.43 Å². The predicted molar refractivity (Wildman–Crippen MR) is 102 cm³/mol. The van der Waals surface area contributed by atoms with Crippen LogP contribution in [0.25, 0.3) is 33.1 Å². The third-order valence-corrected chi connectivity index (χ3v) is 4.56. The number of aryl methyl sites for hydroxylation is 2. The van der Waals surface area contributed by atoms with Crippen molar-refractivity contribution in [2.45, 2.75) is 13.8 Å². The molecule has 4 aromatic rings. The zero-order chi connectivity index (χ0) is 18.4. The number of hydrogen-bond donors (Lipinski definition) is 1. The van der Waals surface area contributed by atoms with Gasteiger partial charge in [0.2, 0.25) is 0 Å². The molecule has 0 aliphatic carbocycles. The van der Waals surface area contributed by atoms with Crippen LogP contribution < -0.4 is 5.43 Å². The van der Waals surface area contributed by atoms with Crippen LogP contribution in [0.2, 0.25) is 0 Å². The summed E-state index contributed by atoms with van der Waals surface area (Å²) in [6, 6.07) is 15.8. The molecule has 0 saturated carbocycles. The largest absolute Gasteiger partial charge is 0.478 e. The van der Waals surface area contributed by atoms with Crippen LogP contribution in [0.1, 0.15) is 21.5 Å². The fourth-order valence-electron chi connectivity index (χ4n) is 3.47. The van der Waals surface area contributed by atoms with Crippen molar-refractivity contribution in [1.82, 2.24) is 0 Å². The lowest BCUT2D eigenvalue weighted by atomic mass is 9.97. The van der Waals surface area contributed by atoms with Gasteiger partial charge < -0.3 is 9.52 Å². The average molecular weight is 344 g/mol.